The molecule has 5 nitrogen and oxygen atoms in total. The Balaban J connectivity index is 0.000000956. The fraction of sp³-hybridized carbons (Fsp3) is 0.733. The van der Waals surface area contributed by atoms with Gasteiger partial charge in [0.05, 0.1) is 25.2 Å². The third-order valence-electron chi connectivity index (χ3n) is 4.09. The SMILES string of the molecule is C#C.CCOC(=O)[C@]1(C)CCC2(CC1C=O)OCCO2. The molecule has 1 saturated heterocycles. The minimum atomic E-state index is -0.752. The summed E-state index contributed by atoms with van der Waals surface area (Å²) in [5.41, 5.74) is -0.752. The maximum Gasteiger partial charge on any atom is 0.312 e. The first-order chi connectivity index (χ1) is 9.56. The summed E-state index contributed by atoms with van der Waals surface area (Å²) < 4.78 is 16.3. The van der Waals surface area contributed by atoms with E-state index < -0.39 is 17.1 Å². The van der Waals surface area contributed by atoms with E-state index in [4.69, 9.17) is 14.2 Å². The van der Waals surface area contributed by atoms with Gasteiger partial charge in [0.25, 0.3) is 0 Å². The molecule has 2 aliphatic rings. The molecular weight excluding hydrogens is 260 g/mol. The highest BCUT2D eigenvalue weighted by atomic mass is 16.7. The van der Waals surface area contributed by atoms with Crippen molar-refractivity contribution in [3.63, 3.8) is 0 Å². The molecule has 1 aliphatic heterocycles. The molecule has 1 saturated carbocycles. The van der Waals surface area contributed by atoms with Crippen molar-refractivity contribution in [2.24, 2.45) is 11.3 Å². The van der Waals surface area contributed by atoms with Gasteiger partial charge >= 0.3 is 5.97 Å². The number of hydrogen-bond donors (Lipinski definition) is 0. The second-order valence-corrected chi connectivity index (χ2v) is 5.19. The molecule has 20 heavy (non-hydrogen) atoms. The van der Waals surface area contributed by atoms with Crippen molar-refractivity contribution in [3.05, 3.63) is 0 Å². The van der Waals surface area contributed by atoms with E-state index in [0.717, 1.165) is 6.29 Å². The number of rotatable bonds is 3. The molecule has 5 heteroatoms. The number of carbonyl (C=O) groups excluding carboxylic acids is 2. The average molecular weight is 282 g/mol. The van der Waals surface area contributed by atoms with Crippen LogP contribution >= 0.6 is 0 Å². The van der Waals surface area contributed by atoms with Crippen molar-refractivity contribution in [2.75, 3.05) is 19.8 Å². The minimum Gasteiger partial charge on any atom is -0.466 e. The Morgan fingerprint density at radius 1 is 1.35 bits per heavy atom. The molecular formula is C15H22O5. The molecule has 112 valence electrons. The van der Waals surface area contributed by atoms with E-state index in [1.54, 1.807) is 13.8 Å². The van der Waals surface area contributed by atoms with Crippen LogP contribution in [0.1, 0.15) is 33.1 Å². The highest BCUT2D eigenvalue weighted by molar-refractivity contribution is 5.81. The van der Waals surface area contributed by atoms with Crippen LogP contribution in [-0.4, -0.2) is 37.9 Å². The number of carbonyl (C=O) groups is 2. The fourth-order valence-electron chi connectivity index (χ4n) is 2.80. The van der Waals surface area contributed by atoms with Gasteiger partial charge in [0.2, 0.25) is 0 Å². The first-order valence-electron chi connectivity index (χ1n) is 6.80. The van der Waals surface area contributed by atoms with Gasteiger partial charge in [-0.15, -0.1) is 12.8 Å². The average Bonchev–Trinajstić information content (AvgIpc) is 2.93. The number of aldehydes is 1. The van der Waals surface area contributed by atoms with Gasteiger partial charge in [-0.05, 0) is 20.3 Å². The van der Waals surface area contributed by atoms with Crippen LogP contribution < -0.4 is 0 Å². The lowest BCUT2D eigenvalue weighted by Gasteiger charge is -2.43. The second-order valence-electron chi connectivity index (χ2n) is 5.19. The summed E-state index contributed by atoms with van der Waals surface area (Å²) in [6, 6.07) is 0. The number of ether oxygens (including phenoxy) is 3. The maximum absolute atomic E-state index is 12.0. The molecule has 0 aromatic carbocycles. The minimum absolute atomic E-state index is 0.296. The molecule has 0 N–H and O–H groups in total. The van der Waals surface area contributed by atoms with Crippen LogP contribution in [-0.2, 0) is 23.8 Å². The van der Waals surface area contributed by atoms with Crippen LogP contribution in [0.2, 0.25) is 0 Å². The fourth-order valence-corrected chi connectivity index (χ4v) is 2.80. The third kappa shape index (κ3) is 3.02. The van der Waals surface area contributed by atoms with E-state index in [1.165, 1.54) is 0 Å². The lowest BCUT2D eigenvalue weighted by molar-refractivity contribution is -0.210. The highest BCUT2D eigenvalue weighted by Crippen LogP contribution is 2.48. The van der Waals surface area contributed by atoms with E-state index in [1.807, 2.05) is 0 Å². The highest BCUT2D eigenvalue weighted by Gasteiger charge is 2.54. The van der Waals surface area contributed by atoms with Crippen LogP contribution in [0.25, 0.3) is 0 Å². The summed E-state index contributed by atoms with van der Waals surface area (Å²) in [7, 11) is 0. The Morgan fingerprint density at radius 3 is 2.45 bits per heavy atom. The van der Waals surface area contributed by atoms with Crippen molar-refractivity contribution >= 4 is 12.3 Å². The van der Waals surface area contributed by atoms with Crippen LogP contribution in [0.3, 0.4) is 0 Å². The Labute approximate surface area is 120 Å². The van der Waals surface area contributed by atoms with Crippen LogP contribution in [0.5, 0.6) is 0 Å². The lowest BCUT2D eigenvalue weighted by atomic mass is 9.66. The second kappa shape index (κ2) is 6.87. The Bertz CT molecular complexity index is 370. The van der Waals surface area contributed by atoms with Gasteiger partial charge in [0, 0.05) is 18.8 Å². The van der Waals surface area contributed by atoms with E-state index >= 15 is 0 Å². The molecule has 0 amide bonds. The summed E-state index contributed by atoms with van der Waals surface area (Å²) in [5, 5.41) is 0. The van der Waals surface area contributed by atoms with Gasteiger partial charge in [-0.25, -0.2) is 0 Å². The van der Waals surface area contributed by atoms with Crippen molar-refractivity contribution in [3.8, 4) is 12.8 Å². The van der Waals surface area contributed by atoms with E-state index in [0.29, 0.717) is 39.1 Å². The van der Waals surface area contributed by atoms with Gasteiger partial charge in [0.15, 0.2) is 5.79 Å². The van der Waals surface area contributed by atoms with Crippen molar-refractivity contribution < 1.29 is 23.8 Å². The standard InChI is InChI=1S/C13H20O5.C2H2/c1-3-16-11(15)12(2)4-5-13(8-10(12)9-14)17-6-7-18-13;1-2/h9-10H,3-8H2,1-2H3;1-2H/t10?,12-;/m1./s1. The number of esters is 1. The molecule has 1 unspecified atom stereocenters. The topological polar surface area (TPSA) is 61.8 Å². The lowest BCUT2D eigenvalue weighted by Crippen LogP contribution is -2.49. The van der Waals surface area contributed by atoms with E-state index in [-0.39, 0.29) is 5.97 Å². The summed E-state index contributed by atoms with van der Waals surface area (Å²) in [4.78, 5) is 23.3. The van der Waals surface area contributed by atoms with Crippen LogP contribution in [0, 0.1) is 24.2 Å². The van der Waals surface area contributed by atoms with Crippen molar-refractivity contribution in [2.45, 2.75) is 38.9 Å². The van der Waals surface area contributed by atoms with Gasteiger partial charge in [0.1, 0.15) is 6.29 Å². The first kappa shape index (κ1) is 16.7. The van der Waals surface area contributed by atoms with E-state index in [9.17, 15) is 9.59 Å². The van der Waals surface area contributed by atoms with Gasteiger partial charge in [-0.1, -0.05) is 0 Å². The monoisotopic (exact) mass is 282 g/mol. The van der Waals surface area contributed by atoms with Gasteiger partial charge in [-0.3, -0.25) is 4.79 Å². The molecule has 1 spiro atoms. The van der Waals surface area contributed by atoms with Crippen molar-refractivity contribution in [1.29, 1.82) is 0 Å². The molecule has 0 aromatic heterocycles. The van der Waals surface area contributed by atoms with E-state index in [2.05, 4.69) is 12.8 Å². The zero-order chi connectivity index (χ0) is 15.2. The first-order valence-corrected chi connectivity index (χ1v) is 6.80. The van der Waals surface area contributed by atoms with Crippen LogP contribution in [0.15, 0.2) is 0 Å². The summed E-state index contributed by atoms with van der Waals surface area (Å²) >= 11 is 0. The number of hydrogen-bond acceptors (Lipinski definition) is 5. The van der Waals surface area contributed by atoms with Crippen molar-refractivity contribution in [1.82, 2.24) is 0 Å². The maximum atomic E-state index is 12.0. The Morgan fingerprint density at radius 2 is 1.95 bits per heavy atom. The molecule has 0 radical (unpaired) electrons. The molecule has 2 fully saturated rings. The normalized spacial score (nSPS) is 31.1. The quantitative estimate of drug-likeness (QED) is 0.446. The molecule has 0 bridgehead atoms. The predicted octanol–water partition coefficient (Wildman–Crippen LogP) is 1.55. The summed E-state index contributed by atoms with van der Waals surface area (Å²) in [5.74, 6) is -1.37. The smallest absolute Gasteiger partial charge is 0.312 e. The molecule has 1 aliphatic carbocycles. The van der Waals surface area contributed by atoms with Gasteiger partial charge in [-0.2, -0.15) is 0 Å². The Hall–Kier alpha value is -1.38. The predicted molar refractivity (Wildman–Crippen MR) is 72.7 cm³/mol. The summed E-state index contributed by atoms with van der Waals surface area (Å²) in [6.07, 6.45) is 10.5. The molecule has 0 aromatic rings. The van der Waals surface area contributed by atoms with Crippen LogP contribution in [0.4, 0.5) is 0 Å². The Kier molecular flexibility index (Phi) is 5.73. The molecule has 2 rings (SSSR count). The number of terminal acetylenes is 1. The molecule has 1 heterocycles. The van der Waals surface area contributed by atoms with Gasteiger partial charge < -0.3 is 19.0 Å². The molecule has 2 atom stereocenters. The largest absolute Gasteiger partial charge is 0.466 e. The zero-order valence-corrected chi connectivity index (χ0v) is 12.1. The zero-order valence-electron chi connectivity index (χ0n) is 12.1. The summed E-state index contributed by atoms with van der Waals surface area (Å²) in [6.45, 7) is 5.01. The third-order valence-corrected chi connectivity index (χ3v) is 4.09.